The summed E-state index contributed by atoms with van der Waals surface area (Å²) in [6.45, 7) is 5.00. The van der Waals surface area contributed by atoms with Crippen LogP contribution >= 0.6 is 0 Å². The second kappa shape index (κ2) is 7.90. The first-order valence-corrected chi connectivity index (χ1v) is 8.19. The molecule has 21 heavy (non-hydrogen) atoms. The fraction of sp³-hybridized carbons (Fsp3) is 0.667. The number of likely N-dealkylation sites (N-methyl/N-ethyl adjacent to an activating group) is 1. The van der Waals surface area contributed by atoms with Gasteiger partial charge in [-0.3, -0.25) is 0 Å². The van der Waals surface area contributed by atoms with Crippen molar-refractivity contribution < 1.29 is 9.13 Å². The van der Waals surface area contributed by atoms with E-state index in [0.717, 1.165) is 17.7 Å². The molecule has 1 saturated carbocycles. The SMILES string of the molecule is CCNC(c1cc(F)ccc1C)C(OC)C1CCCCC1. The van der Waals surface area contributed by atoms with Crippen molar-refractivity contribution in [2.45, 2.75) is 58.1 Å². The molecule has 0 spiro atoms. The molecule has 1 aromatic rings. The predicted molar refractivity (Wildman–Crippen MR) is 84.9 cm³/mol. The summed E-state index contributed by atoms with van der Waals surface area (Å²) in [6, 6.07) is 5.13. The van der Waals surface area contributed by atoms with Crippen LogP contribution in [0.1, 0.15) is 56.2 Å². The van der Waals surface area contributed by atoms with Gasteiger partial charge in [-0.25, -0.2) is 4.39 Å². The molecule has 2 unspecified atom stereocenters. The Morgan fingerprint density at radius 2 is 2.00 bits per heavy atom. The third-order valence-corrected chi connectivity index (χ3v) is 4.72. The minimum Gasteiger partial charge on any atom is -0.379 e. The number of rotatable bonds is 6. The normalized spacial score (nSPS) is 19.4. The molecule has 2 rings (SSSR count). The first kappa shape index (κ1) is 16.4. The number of halogens is 1. The van der Waals surface area contributed by atoms with Gasteiger partial charge in [0.15, 0.2) is 0 Å². The first-order valence-electron chi connectivity index (χ1n) is 8.19. The Labute approximate surface area is 128 Å². The van der Waals surface area contributed by atoms with E-state index in [2.05, 4.69) is 12.2 Å². The van der Waals surface area contributed by atoms with Crippen molar-refractivity contribution in [2.75, 3.05) is 13.7 Å². The zero-order chi connectivity index (χ0) is 15.2. The number of ether oxygens (including phenoxy) is 1. The standard InChI is InChI=1S/C18H28FNO/c1-4-20-17(16-12-15(19)11-10-13(16)2)18(21-3)14-8-6-5-7-9-14/h10-12,14,17-18,20H,4-9H2,1-3H3. The summed E-state index contributed by atoms with van der Waals surface area (Å²) in [5.41, 5.74) is 2.16. The van der Waals surface area contributed by atoms with Crippen molar-refractivity contribution in [2.24, 2.45) is 5.92 Å². The van der Waals surface area contributed by atoms with Gasteiger partial charge in [-0.05, 0) is 55.5 Å². The average Bonchev–Trinajstić information content (AvgIpc) is 2.51. The number of methoxy groups -OCH3 is 1. The van der Waals surface area contributed by atoms with Crippen LogP contribution in [-0.4, -0.2) is 19.8 Å². The first-order chi connectivity index (χ1) is 10.2. The van der Waals surface area contributed by atoms with Crippen molar-refractivity contribution in [3.8, 4) is 0 Å². The number of benzene rings is 1. The van der Waals surface area contributed by atoms with Gasteiger partial charge in [-0.15, -0.1) is 0 Å². The van der Waals surface area contributed by atoms with Crippen molar-refractivity contribution in [1.82, 2.24) is 5.32 Å². The highest BCUT2D eigenvalue weighted by molar-refractivity contribution is 5.30. The molecule has 0 aromatic heterocycles. The predicted octanol–water partition coefficient (Wildman–Crippen LogP) is 4.38. The molecule has 1 aliphatic rings. The third kappa shape index (κ3) is 4.04. The maximum absolute atomic E-state index is 13.7. The van der Waals surface area contributed by atoms with Crippen molar-refractivity contribution >= 4 is 0 Å². The zero-order valence-corrected chi connectivity index (χ0v) is 13.5. The van der Waals surface area contributed by atoms with Gasteiger partial charge in [0.2, 0.25) is 0 Å². The second-order valence-electron chi connectivity index (χ2n) is 6.13. The van der Waals surface area contributed by atoms with E-state index in [1.54, 1.807) is 13.2 Å². The molecule has 2 atom stereocenters. The van der Waals surface area contributed by atoms with Crippen LogP contribution in [0.2, 0.25) is 0 Å². The van der Waals surface area contributed by atoms with Crippen molar-refractivity contribution in [3.05, 3.63) is 35.1 Å². The van der Waals surface area contributed by atoms with Crippen LogP contribution in [0.25, 0.3) is 0 Å². The molecule has 1 aromatic carbocycles. The number of nitrogens with one attached hydrogen (secondary N) is 1. The Balaban J connectivity index is 2.28. The second-order valence-corrected chi connectivity index (χ2v) is 6.13. The van der Waals surface area contributed by atoms with E-state index < -0.39 is 0 Å². The quantitative estimate of drug-likeness (QED) is 0.840. The Hall–Kier alpha value is -0.930. The summed E-state index contributed by atoms with van der Waals surface area (Å²) in [5.74, 6) is 0.396. The Morgan fingerprint density at radius 1 is 1.29 bits per heavy atom. The summed E-state index contributed by atoms with van der Waals surface area (Å²) in [5, 5.41) is 3.52. The summed E-state index contributed by atoms with van der Waals surface area (Å²) in [4.78, 5) is 0. The average molecular weight is 293 g/mol. The van der Waals surface area contributed by atoms with Gasteiger partial charge in [0.05, 0.1) is 12.1 Å². The lowest BCUT2D eigenvalue weighted by Gasteiger charge is -2.36. The van der Waals surface area contributed by atoms with Crippen LogP contribution in [0, 0.1) is 18.7 Å². The molecule has 0 amide bonds. The number of hydrogen-bond acceptors (Lipinski definition) is 2. The summed E-state index contributed by atoms with van der Waals surface area (Å²) in [7, 11) is 1.79. The van der Waals surface area contributed by atoms with Crippen LogP contribution in [0.3, 0.4) is 0 Å². The van der Waals surface area contributed by atoms with E-state index in [0.29, 0.717) is 5.92 Å². The monoisotopic (exact) mass is 293 g/mol. The molecule has 0 saturated heterocycles. The summed E-state index contributed by atoms with van der Waals surface area (Å²) < 4.78 is 19.6. The molecule has 118 valence electrons. The smallest absolute Gasteiger partial charge is 0.123 e. The molecule has 1 aliphatic carbocycles. The van der Waals surface area contributed by atoms with E-state index in [4.69, 9.17) is 4.74 Å². The lowest BCUT2D eigenvalue weighted by atomic mass is 9.80. The van der Waals surface area contributed by atoms with Gasteiger partial charge in [0.25, 0.3) is 0 Å². The molecule has 0 heterocycles. The van der Waals surface area contributed by atoms with E-state index in [1.165, 1.54) is 38.2 Å². The maximum Gasteiger partial charge on any atom is 0.123 e. The van der Waals surface area contributed by atoms with Crippen LogP contribution in [0.5, 0.6) is 0 Å². The number of aryl methyl sites for hydroxylation is 1. The van der Waals surface area contributed by atoms with E-state index >= 15 is 0 Å². The van der Waals surface area contributed by atoms with Crippen LogP contribution < -0.4 is 5.32 Å². The largest absolute Gasteiger partial charge is 0.379 e. The highest BCUT2D eigenvalue weighted by Gasteiger charge is 2.32. The molecule has 0 bridgehead atoms. The van der Waals surface area contributed by atoms with Crippen molar-refractivity contribution in [3.63, 3.8) is 0 Å². The minimum atomic E-state index is -0.169. The van der Waals surface area contributed by atoms with Gasteiger partial charge in [-0.2, -0.15) is 0 Å². The molecule has 3 heteroatoms. The van der Waals surface area contributed by atoms with Gasteiger partial charge in [-0.1, -0.05) is 32.3 Å². The van der Waals surface area contributed by atoms with Gasteiger partial charge >= 0.3 is 0 Å². The molecule has 2 nitrogen and oxygen atoms in total. The fourth-order valence-electron chi connectivity index (χ4n) is 3.63. The number of hydrogen-bond donors (Lipinski definition) is 1. The topological polar surface area (TPSA) is 21.3 Å². The molecule has 1 fully saturated rings. The van der Waals surface area contributed by atoms with Gasteiger partial charge in [0, 0.05) is 7.11 Å². The Bertz CT molecular complexity index is 443. The van der Waals surface area contributed by atoms with Crippen LogP contribution in [0.4, 0.5) is 4.39 Å². The highest BCUT2D eigenvalue weighted by Crippen LogP contribution is 2.35. The highest BCUT2D eigenvalue weighted by atomic mass is 19.1. The molecular weight excluding hydrogens is 265 g/mol. The van der Waals surface area contributed by atoms with Crippen LogP contribution in [0.15, 0.2) is 18.2 Å². The Morgan fingerprint density at radius 3 is 2.62 bits per heavy atom. The van der Waals surface area contributed by atoms with Gasteiger partial charge in [0.1, 0.15) is 5.82 Å². The minimum absolute atomic E-state index is 0.0683. The maximum atomic E-state index is 13.7. The van der Waals surface area contributed by atoms with E-state index in [-0.39, 0.29) is 18.0 Å². The molecule has 0 aliphatic heterocycles. The molecular formula is C18H28FNO. The molecule has 0 radical (unpaired) electrons. The molecule has 1 N–H and O–H groups in total. The lowest BCUT2D eigenvalue weighted by molar-refractivity contribution is 0.00771. The third-order valence-electron chi connectivity index (χ3n) is 4.72. The zero-order valence-electron chi connectivity index (χ0n) is 13.5. The fourth-order valence-corrected chi connectivity index (χ4v) is 3.63. The summed E-state index contributed by atoms with van der Waals surface area (Å²) >= 11 is 0. The van der Waals surface area contributed by atoms with E-state index in [1.807, 2.05) is 13.0 Å². The lowest BCUT2D eigenvalue weighted by Crippen LogP contribution is -2.39. The summed E-state index contributed by atoms with van der Waals surface area (Å²) in [6.07, 6.45) is 6.45. The van der Waals surface area contributed by atoms with Crippen molar-refractivity contribution in [1.29, 1.82) is 0 Å². The van der Waals surface area contributed by atoms with Gasteiger partial charge < -0.3 is 10.1 Å². The van der Waals surface area contributed by atoms with Crippen LogP contribution in [-0.2, 0) is 4.74 Å². The Kier molecular flexibility index (Phi) is 6.19. The van der Waals surface area contributed by atoms with E-state index in [9.17, 15) is 4.39 Å².